The maximum Gasteiger partial charge on any atom is 0.236 e. The Kier molecular flexibility index (Phi) is 5.33. The molecule has 0 atom stereocenters. The molecule has 0 bridgehead atoms. The molecule has 1 fully saturated rings. The van der Waals surface area contributed by atoms with E-state index in [1.54, 1.807) is 10.4 Å². The molecule has 6 heteroatoms. The molecule has 0 amide bonds. The Hall–Kier alpha value is -2.44. The molecule has 2 heterocycles. The van der Waals surface area contributed by atoms with Crippen molar-refractivity contribution in [2.24, 2.45) is 5.92 Å². The molecule has 4 rings (SSSR count). The van der Waals surface area contributed by atoms with Gasteiger partial charge in [-0.05, 0) is 49.5 Å². The van der Waals surface area contributed by atoms with Crippen LogP contribution >= 0.6 is 0 Å². The molecule has 28 heavy (non-hydrogen) atoms. The minimum absolute atomic E-state index is 0.459. The van der Waals surface area contributed by atoms with Crippen molar-refractivity contribution in [1.82, 2.24) is 13.9 Å². The fraction of sp³-hybridized carbons (Fsp3) is 0.318. The maximum absolute atomic E-state index is 12.6. The summed E-state index contributed by atoms with van der Waals surface area (Å²) in [5, 5.41) is 1.33. The SMILES string of the molecule is Cc1nc2ccccc2n1CC1CCN(S(=O)(=O)C=Cc2ccccc2)CC1. The molecule has 146 valence electrons. The molecule has 0 radical (unpaired) electrons. The lowest BCUT2D eigenvalue weighted by Crippen LogP contribution is -2.38. The molecule has 0 N–H and O–H groups in total. The normalized spacial score (nSPS) is 16.9. The summed E-state index contributed by atoms with van der Waals surface area (Å²) in [7, 11) is -3.38. The van der Waals surface area contributed by atoms with E-state index in [2.05, 4.69) is 15.6 Å². The summed E-state index contributed by atoms with van der Waals surface area (Å²) in [6.07, 6.45) is 3.40. The Balaban J connectivity index is 1.40. The van der Waals surface area contributed by atoms with Gasteiger partial charge in [0.1, 0.15) is 5.82 Å². The van der Waals surface area contributed by atoms with Crippen molar-refractivity contribution in [3.8, 4) is 0 Å². The van der Waals surface area contributed by atoms with Crippen LogP contribution in [0.15, 0.2) is 60.0 Å². The van der Waals surface area contributed by atoms with Crippen molar-refractivity contribution in [3.05, 3.63) is 71.4 Å². The van der Waals surface area contributed by atoms with Crippen LogP contribution in [0.3, 0.4) is 0 Å². The van der Waals surface area contributed by atoms with Gasteiger partial charge in [-0.3, -0.25) is 0 Å². The van der Waals surface area contributed by atoms with Crippen molar-refractivity contribution in [3.63, 3.8) is 0 Å². The van der Waals surface area contributed by atoms with Gasteiger partial charge >= 0.3 is 0 Å². The summed E-state index contributed by atoms with van der Waals surface area (Å²) in [5.41, 5.74) is 3.07. The highest BCUT2D eigenvalue weighted by atomic mass is 32.2. The Morgan fingerprint density at radius 2 is 1.71 bits per heavy atom. The van der Waals surface area contributed by atoms with Crippen LogP contribution in [0.4, 0.5) is 0 Å². The fourth-order valence-electron chi connectivity index (χ4n) is 3.85. The van der Waals surface area contributed by atoms with Gasteiger partial charge in [0.25, 0.3) is 0 Å². The van der Waals surface area contributed by atoms with E-state index in [1.807, 2.05) is 55.5 Å². The van der Waals surface area contributed by atoms with Crippen LogP contribution in [-0.2, 0) is 16.6 Å². The van der Waals surface area contributed by atoms with Gasteiger partial charge in [-0.15, -0.1) is 0 Å². The van der Waals surface area contributed by atoms with Crippen molar-refractivity contribution in [2.75, 3.05) is 13.1 Å². The first-order valence-electron chi connectivity index (χ1n) is 9.68. The van der Waals surface area contributed by atoms with E-state index < -0.39 is 10.0 Å². The Labute approximate surface area is 166 Å². The second-order valence-corrected chi connectivity index (χ2v) is 9.18. The summed E-state index contributed by atoms with van der Waals surface area (Å²) in [6.45, 7) is 4.06. The van der Waals surface area contributed by atoms with Crippen molar-refractivity contribution in [1.29, 1.82) is 0 Å². The first-order valence-corrected chi connectivity index (χ1v) is 11.2. The predicted octanol–water partition coefficient (Wildman–Crippen LogP) is 4.06. The van der Waals surface area contributed by atoms with Gasteiger partial charge in [0, 0.05) is 25.0 Å². The zero-order chi connectivity index (χ0) is 19.6. The van der Waals surface area contributed by atoms with Crippen LogP contribution in [0.1, 0.15) is 24.2 Å². The fourth-order valence-corrected chi connectivity index (χ4v) is 5.07. The number of fused-ring (bicyclic) bond motifs is 1. The number of hydrogen-bond acceptors (Lipinski definition) is 3. The molecule has 0 aliphatic carbocycles. The molecule has 3 aromatic rings. The maximum atomic E-state index is 12.6. The lowest BCUT2D eigenvalue weighted by Gasteiger charge is -2.30. The molecule has 0 spiro atoms. The van der Waals surface area contributed by atoms with Gasteiger partial charge in [-0.2, -0.15) is 4.31 Å². The lowest BCUT2D eigenvalue weighted by molar-refractivity contribution is 0.255. The topological polar surface area (TPSA) is 55.2 Å². The highest BCUT2D eigenvalue weighted by molar-refractivity contribution is 7.92. The van der Waals surface area contributed by atoms with Gasteiger partial charge in [-0.25, -0.2) is 13.4 Å². The smallest absolute Gasteiger partial charge is 0.236 e. The minimum Gasteiger partial charge on any atom is -0.328 e. The number of nitrogens with zero attached hydrogens (tertiary/aromatic N) is 3. The summed E-state index contributed by atoms with van der Waals surface area (Å²) >= 11 is 0. The van der Waals surface area contributed by atoms with Crippen LogP contribution < -0.4 is 0 Å². The molecule has 1 aromatic heterocycles. The van der Waals surface area contributed by atoms with Crippen molar-refractivity contribution < 1.29 is 8.42 Å². The average Bonchev–Trinajstić information content (AvgIpc) is 3.03. The number of aromatic nitrogens is 2. The minimum atomic E-state index is -3.38. The first kappa shape index (κ1) is 18.9. The molecular weight excluding hydrogens is 370 g/mol. The standard InChI is InChI=1S/C22H25N3O2S/c1-18-23-21-9-5-6-10-22(21)25(18)17-20-11-14-24(15-12-20)28(26,27)16-13-19-7-3-2-4-8-19/h2-10,13,16,20H,11-12,14-15,17H2,1H3. The van der Waals surface area contributed by atoms with Crippen molar-refractivity contribution in [2.45, 2.75) is 26.3 Å². The highest BCUT2D eigenvalue weighted by Gasteiger charge is 2.27. The van der Waals surface area contributed by atoms with E-state index in [1.165, 1.54) is 5.41 Å². The van der Waals surface area contributed by atoms with E-state index >= 15 is 0 Å². The molecule has 0 saturated carbocycles. The zero-order valence-corrected chi connectivity index (χ0v) is 16.8. The van der Waals surface area contributed by atoms with E-state index in [9.17, 15) is 8.42 Å². The van der Waals surface area contributed by atoms with E-state index in [4.69, 9.17) is 0 Å². The number of benzene rings is 2. The van der Waals surface area contributed by atoms with Gasteiger partial charge in [-0.1, -0.05) is 42.5 Å². The second-order valence-electron chi connectivity index (χ2n) is 7.36. The summed E-state index contributed by atoms with van der Waals surface area (Å²) < 4.78 is 29.1. The highest BCUT2D eigenvalue weighted by Crippen LogP contribution is 2.25. The Morgan fingerprint density at radius 3 is 2.46 bits per heavy atom. The third-order valence-electron chi connectivity index (χ3n) is 5.45. The Bertz CT molecular complexity index is 1080. The van der Waals surface area contributed by atoms with Gasteiger partial charge in [0.2, 0.25) is 10.0 Å². The van der Waals surface area contributed by atoms with Crippen LogP contribution in [0.2, 0.25) is 0 Å². The molecule has 5 nitrogen and oxygen atoms in total. The van der Waals surface area contributed by atoms with Crippen LogP contribution in [0.5, 0.6) is 0 Å². The summed E-state index contributed by atoms with van der Waals surface area (Å²) in [5.74, 6) is 1.47. The zero-order valence-electron chi connectivity index (χ0n) is 16.0. The predicted molar refractivity (Wildman–Crippen MR) is 113 cm³/mol. The Morgan fingerprint density at radius 1 is 1.04 bits per heavy atom. The number of sulfonamides is 1. The number of imidazole rings is 1. The third kappa shape index (κ3) is 4.03. The summed E-state index contributed by atoms with van der Waals surface area (Å²) in [6, 6.07) is 17.7. The molecule has 1 aliphatic rings. The van der Waals surface area contributed by atoms with Crippen LogP contribution in [0, 0.1) is 12.8 Å². The molecule has 2 aromatic carbocycles. The molecule has 1 saturated heterocycles. The number of para-hydroxylation sites is 2. The van der Waals surface area contributed by atoms with Gasteiger partial charge in [0.15, 0.2) is 0 Å². The lowest BCUT2D eigenvalue weighted by atomic mass is 9.98. The van der Waals surface area contributed by atoms with E-state index in [0.717, 1.165) is 41.8 Å². The second kappa shape index (κ2) is 7.89. The van der Waals surface area contributed by atoms with Gasteiger partial charge < -0.3 is 4.57 Å². The summed E-state index contributed by atoms with van der Waals surface area (Å²) in [4.78, 5) is 4.63. The monoisotopic (exact) mass is 395 g/mol. The number of aryl methyl sites for hydroxylation is 1. The number of piperidine rings is 1. The average molecular weight is 396 g/mol. The third-order valence-corrected chi connectivity index (χ3v) is 7.02. The molecule has 1 aliphatic heterocycles. The van der Waals surface area contributed by atoms with Gasteiger partial charge in [0.05, 0.1) is 11.0 Å². The van der Waals surface area contributed by atoms with Crippen LogP contribution in [-0.4, -0.2) is 35.4 Å². The molecule has 0 unspecified atom stereocenters. The number of hydrogen-bond donors (Lipinski definition) is 0. The largest absolute Gasteiger partial charge is 0.328 e. The molecular formula is C22H25N3O2S. The quantitative estimate of drug-likeness (QED) is 0.655. The van der Waals surface area contributed by atoms with Crippen LogP contribution in [0.25, 0.3) is 17.1 Å². The van der Waals surface area contributed by atoms with E-state index in [0.29, 0.717) is 19.0 Å². The first-order chi connectivity index (χ1) is 13.5. The van der Waals surface area contributed by atoms with E-state index in [-0.39, 0.29) is 0 Å². The van der Waals surface area contributed by atoms with Crippen molar-refractivity contribution >= 4 is 27.1 Å². The number of rotatable bonds is 5.